The average molecular weight is 418 g/mol. The maximum absolute atomic E-state index is 13.4. The monoisotopic (exact) mass is 417 g/mol. The van der Waals surface area contributed by atoms with Crippen molar-refractivity contribution in [2.45, 2.75) is 13.8 Å². The van der Waals surface area contributed by atoms with E-state index in [0.29, 0.717) is 22.8 Å². The second kappa shape index (κ2) is 9.35. The quantitative estimate of drug-likeness (QED) is 0.529. The van der Waals surface area contributed by atoms with E-state index in [9.17, 15) is 10.1 Å². The van der Waals surface area contributed by atoms with Gasteiger partial charge in [-0.1, -0.05) is 18.2 Å². The number of nitrogens with zero attached hydrogens (tertiary/aromatic N) is 5. The number of ether oxygens (including phenoxy) is 1. The van der Waals surface area contributed by atoms with E-state index in [1.165, 1.54) is 5.01 Å². The molecule has 0 spiro atoms. The van der Waals surface area contributed by atoms with Gasteiger partial charge in [0.15, 0.2) is 5.84 Å². The van der Waals surface area contributed by atoms with Crippen LogP contribution in [-0.2, 0) is 4.79 Å². The van der Waals surface area contributed by atoms with Crippen LogP contribution >= 0.6 is 0 Å². The predicted octanol–water partition coefficient (Wildman–Crippen LogP) is 3.74. The Hall–Kier alpha value is -3.79. The highest BCUT2D eigenvalue weighted by atomic mass is 16.5. The lowest BCUT2D eigenvalue weighted by molar-refractivity contribution is -0.114. The molecule has 2 aromatic carbocycles. The van der Waals surface area contributed by atoms with Gasteiger partial charge in [-0.2, -0.15) is 10.3 Å². The zero-order chi connectivity index (χ0) is 22.5. The molecule has 1 heterocycles. The van der Waals surface area contributed by atoms with E-state index >= 15 is 0 Å². The molecule has 0 radical (unpaired) electrons. The molecule has 0 saturated carbocycles. The van der Waals surface area contributed by atoms with Crippen molar-refractivity contribution in [3.63, 3.8) is 0 Å². The third-order valence-electron chi connectivity index (χ3n) is 5.19. The number of carbonyl (C=O) groups is 1. The highest BCUT2D eigenvalue weighted by Gasteiger charge is 2.36. The Bertz CT molecular complexity index is 1060. The smallest absolute Gasteiger partial charge is 0.283 e. The van der Waals surface area contributed by atoms with Crippen LogP contribution in [0.1, 0.15) is 19.4 Å². The summed E-state index contributed by atoms with van der Waals surface area (Å²) in [5.41, 5.74) is 2.69. The summed E-state index contributed by atoms with van der Waals surface area (Å²) < 4.78 is 5.62. The number of hydrazone groups is 1. The van der Waals surface area contributed by atoms with Crippen LogP contribution in [0.25, 0.3) is 5.57 Å². The Morgan fingerprint density at radius 2 is 1.81 bits per heavy atom. The van der Waals surface area contributed by atoms with Crippen molar-refractivity contribution in [3.8, 4) is 11.8 Å². The van der Waals surface area contributed by atoms with Crippen LogP contribution in [0.2, 0.25) is 0 Å². The SMILES string of the molecule is CCN(CC)c1ccc(C(C#N)=C2C(=O)N(c3ccccc3)N=C2N(C)C)c(OC)c1. The van der Waals surface area contributed by atoms with Crippen molar-refractivity contribution in [1.82, 2.24) is 4.90 Å². The molecule has 0 N–H and O–H groups in total. The molecule has 0 aliphatic carbocycles. The molecule has 0 unspecified atom stereocenters. The van der Waals surface area contributed by atoms with Crippen LogP contribution in [0.5, 0.6) is 5.75 Å². The Kier molecular flexibility index (Phi) is 6.61. The number of amidine groups is 1. The highest BCUT2D eigenvalue weighted by molar-refractivity contribution is 6.34. The number of benzene rings is 2. The van der Waals surface area contributed by atoms with Crippen LogP contribution in [0.3, 0.4) is 0 Å². The lowest BCUT2D eigenvalue weighted by Gasteiger charge is -2.22. The number of hydrogen-bond acceptors (Lipinski definition) is 6. The lowest BCUT2D eigenvalue weighted by atomic mass is 9.98. The number of anilines is 2. The zero-order valence-electron chi connectivity index (χ0n) is 18.6. The fraction of sp³-hybridized carbons (Fsp3) is 0.292. The van der Waals surface area contributed by atoms with Gasteiger partial charge in [-0.25, -0.2) is 0 Å². The molecule has 0 saturated heterocycles. The topological polar surface area (TPSA) is 72.2 Å². The van der Waals surface area contributed by atoms with E-state index in [4.69, 9.17) is 4.74 Å². The van der Waals surface area contributed by atoms with Crippen molar-refractivity contribution < 1.29 is 9.53 Å². The Balaban J connectivity index is 2.17. The summed E-state index contributed by atoms with van der Waals surface area (Å²) in [6.45, 7) is 5.88. The van der Waals surface area contributed by atoms with E-state index in [0.717, 1.165) is 18.8 Å². The number of likely N-dealkylation sites (N-methyl/N-ethyl adjacent to an activating group) is 1. The molecule has 2 aromatic rings. The summed E-state index contributed by atoms with van der Waals surface area (Å²) in [7, 11) is 5.17. The molecular formula is C24H27N5O2. The molecule has 0 fully saturated rings. The third-order valence-corrected chi connectivity index (χ3v) is 5.19. The molecule has 7 heteroatoms. The first-order chi connectivity index (χ1) is 15.0. The van der Waals surface area contributed by atoms with Gasteiger partial charge in [-0.15, -0.1) is 5.10 Å². The second-order valence-electron chi connectivity index (χ2n) is 7.19. The normalized spacial score (nSPS) is 14.8. The van der Waals surface area contributed by atoms with Crippen molar-refractivity contribution in [3.05, 3.63) is 59.7 Å². The number of methoxy groups -OCH3 is 1. The molecule has 1 amide bonds. The maximum Gasteiger partial charge on any atom is 0.283 e. The first-order valence-electron chi connectivity index (χ1n) is 10.2. The molecule has 160 valence electrons. The standard InChI is InChI=1S/C24H27N5O2/c1-6-28(7-2)18-13-14-19(21(15-18)31-5)20(16-25)22-23(27(3)4)26-29(24(22)30)17-11-9-8-10-12-17/h8-15H,6-7H2,1-5H3. The fourth-order valence-corrected chi connectivity index (χ4v) is 3.59. The zero-order valence-corrected chi connectivity index (χ0v) is 18.6. The van der Waals surface area contributed by atoms with Gasteiger partial charge >= 0.3 is 0 Å². The van der Waals surface area contributed by atoms with Crippen molar-refractivity contribution in [2.24, 2.45) is 5.10 Å². The molecule has 31 heavy (non-hydrogen) atoms. The molecule has 0 bridgehead atoms. The average Bonchev–Trinajstić information content (AvgIpc) is 3.13. The minimum absolute atomic E-state index is 0.235. The first kappa shape index (κ1) is 21.9. The lowest BCUT2D eigenvalue weighted by Crippen LogP contribution is -2.26. The van der Waals surface area contributed by atoms with E-state index in [-0.39, 0.29) is 17.1 Å². The maximum atomic E-state index is 13.4. The van der Waals surface area contributed by atoms with Gasteiger partial charge in [0.05, 0.1) is 18.4 Å². The summed E-state index contributed by atoms with van der Waals surface area (Å²) in [6, 6.07) is 17.1. The van der Waals surface area contributed by atoms with Gasteiger partial charge in [-0.05, 0) is 38.1 Å². The summed E-state index contributed by atoms with van der Waals surface area (Å²) in [4.78, 5) is 17.3. The number of hydrogen-bond donors (Lipinski definition) is 0. The second-order valence-corrected chi connectivity index (χ2v) is 7.19. The largest absolute Gasteiger partial charge is 0.496 e. The van der Waals surface area contributed by atoms with Gasteiger partial charge in [0.1, 0.15) is 17.4 Å². The molecule has 3 rings (SSSR count). The summed E-state index contributed by atoms with van der Waals surface area (Å²) >= 11 is 0. The Morgan fingerprint density at radius 3 is 2.35 bits per heavy atom. The molecule has 1 aliphatic heterocycles. The van der Waals surface area contributed by atoms with Crippen LogP contribution < -0.4 is 14.6 Å². The van der Waals surface area contributed by atoms with Crippen LogP contribution in [0.4, 0.5) is 11.4 Å². The van der Waals surface area contributed by atoms with Crippen molar-refractivity contribution in [1.29, 1.82) is 5.26 Å². The molecule has 1 aliphatic rings. The van der Waals surface area contributed by atoms with E-state index in [1.54, 1.807) is 26.1 Å². The van der Waals surface area contributed by atoms with Crippen molar-refractivity contribution in [2.75, 3.05) is 44.2 Å². The van der Waals surface area contributed by atoms with Crippen LogP contribution in [0, 0.1) is 11.3 Å². The van der Waals surface area contributed by atoms with Crippen molar-refractivity contribution >= 4 is 28.7 Å². The summed E-state index contributed by atoms with van der Waals surface area (Å²) in [5.74, 6) is 0.624. The molecule has 0 aromatic heterocycles. The summed E-state index contributed by atoms with van der Waals surface area (Å²) in [5, 5.41) is 15.9. The number of para-hydroxylation sites is 1. The van der Waals surface area contributed by atoms with Gasteiger partial charge in [0, 0.05) is 44.5 Å². The van der Waals surface area contributed by atoms with Crippen LogP contribution in [0.15, 0.2) is 59.2 Å². The van der Waals surface area contributed by atoms with Gasteiger partial charge < -0.3 is 14.5 Å². The first-order valence-corrected chi connectivity index (χ1v) is 10.2. The summed E-state index contributed by atoms with van der Waals surface area (Å²) in [6.07, 6.45) is 0. The number of carbonyl (C=O) groups excluding carboxylic acids is 1. The number of rotatable bonds is 6. The predicted molar refractivity (Wildman–Crippen MR) is 124 cm³/mol. The van der Waals surface area contributed by atoms with Gasteiger partial charge in [0.25, 0.3) is 5.91 Å². The van der Waals surface area contributed by atoms with Gasteiger partial charge in [0.2, 0.25) is 0 Å². The van der Waals surface area contributed by atoms with E-state index in [1.807, 2.05) is 48.5 Å². The van der Waals surface area contributed by atoms with E-state index < -0.39 is 0 Å². The minimum Gasteiger partial charge on any atom is -0.496 e. The Labute approximate surface area is 183 Å². The third kappa shape index (κ3) is 4.10. The highest BCUT2D eigenvalue weighted by Crippen LogP contribution is 2.35. The van der Waals surface area contributed by atoms with Gasteiger partial charge in [-0.3, -0.25) is 4.79 Å². The van der Waals surface area contributed by atoms with E-state index in [2.05, 4.69) is 29.9 Å². The molecule has 7 nitrogen and oxygen atoms in total. The minimum atomic E-state index is -0.346. The van der Waals surface area contributed by atoms with Crippen LogP contribution in [-0.4, -0.2) is 50.9 Å². The fourth-order valence-electron chi connectivity index (χ4n) is 3.59. The molecular weight excluding hydrogens is 390 g/mol. The number of amides is 1. The Morgan fingerprint density at radius 1 is 1.13 bits per heavy atom. The number of nitriles is 1. The number of allylic oxidation sites excluding steroid dienone is 1. The molecule has 0 atom stereocenters.